The number of hydrogen-bond donors (Lipinski definition) is 0. The third-order valence-electron chi connectivity index (χ3n) is 15.6. The highest BCUT2D eigenvalue weighted by molar-refractivity contribution is 6.10. The SMILES string of the molecule is C1=CC2c3ccccc3N(c3ccc(-c4cc(-c5ccc(-n6c7ccccc7c7ccccc76)cc5)cc5c4N(c4ccc(-n6c7ccccc7c7ccccc76)cc4)C4C=CC=CC54)cc3)C2C=C1. The molecule has 4 nitrogen and oxygen atoms in total. The molecule has 4 aliphatic rings. The molecule has 0 saturated heterocycles. The van der Waals surface area contributed by atoms with Gasteiger partial charge in [-0.3, -0.25) is 0 Å². The Balaban J connectivity index is 0.881. The lowest BCUT2D eigenvalue weighted by molar-refractivity contribution is 0.744. The Kier molecular flexibility index (Phi) is 8.58. The van der Waals surface area contributed by atoms with E-state index in [4.69, 9.17) is 0 Å². The van der Waals surface area contributed by atoms with Crippen LogP contribution in [-0.2, 0) is 0 Å². The Hall–Kier alpha value is -8.86. The summed E-state index contributed by atoms with van der Waals surface area (Å²) < 4.78 is 4.81. The molecule has 2 aliphatic heterocycles. The smallest absolute Gasteiger partial charge is 0.0629 e. The van der Waals surface area contributed by atoms with Crippen LogP contribution in [0, 0.1) is 0 Å². The van der Waals surface area contributed by atoms with E-state index in [1.807, 2.05) is 0 Å². The minimum absolute atomic E-state index is 0.120. The first-order valence-electron chi connectivity index (χ1n) is 24.6. The monoisotopic (exact) mass is 894 g/mol. The van der Waals surface area contributed by atoms with E-state index in [9.17, 15) is 0 Å². The molecule has 70 heavy (non-hydrogen) atoms. The molecule has 0 fully saturated rings. The molecule has 0 saturated carbocycles. The summed E-state index contributed by atoms with van der Waals surface area (Å²) in [5.41, 5.74) is 19.7. The molecule has 4 heteroatoms. The molecule has 4 unspecified atom stereocenters. The van der Waals surface area contributed by atoms with Gasteiger partial charge in [-0.1, -0.05) is 164 Å². The van der Waals surface area contributed by atoms with Crippen molar-refractivity contribution in [3.63, 3.8) is 0 Å². The van der Waals surface area contributed by atoms with Crippen molar-refractivity contribution >= 4 is 66.4 Å². The zero-order valence-corrected chi connectivity index (χ0v) is 38.3. The maximum absolute atomic E-state index is 2.61. The number of benzene rings is 9. The first kappa shape index (κ1) is 39.2. The van der Waals surface area contributed by atoms with E-state index in [1.54, 1.807) is 0 Å². The normalized spacial score (nSPS) is 18.6. The average Bonchev–Trinajstić information content (AvgIpc) is 4.16. The first-order valence-corrected chi connectivity index (χ1v) is 24.6. The molecule has 0 bridgehead atoms. The van der Waals surface area contributed by atoms with E-state index in [2.05, 4.69) is 274 Å². The summed E-state index contributed by atoms with van der Waals surface area (Å²) in [6.07, 6.45) is 18.4. The van der Waals surface area contributed by atoms with Gasteiger partial charge in [0.05, 0.1) is 39.8 Å². The highest BCUT2D eigenvalue weighted by Gasteiger charge is 2.40. The third-order valence-corrected chi connectivity index (χ3v) is 15.6. The van der Waals surface area contributed by atoms with E-state index < -0.39 is 0 Å². The maximum atomic E-state index is 2.61. The summed E-state index contributed by atoms with van der Waals surface area (Å²) in [6.45, 7) is 0. The quantitative estimate of drug-likeness (QED) is 0.165. The van der Waals surface area contributed by atoms with Gasteiger partial charge in [0.2, 0.25) is 0 Å². The second-order valence-corrected chi connectivity index (χ2v) is 19.2. The van der Waals surface area contributed by atoms with Crippen molar-refractivity contribution in [1.29, 1.82) is 0 Å². The van der Waals surface area contributed by atoms with Gasteiger partial charge in [0, 0.05) is 67.4 Å². The minimum atomic E-state index is 0.120. The molecule has 0 radical (unpaired) electrons. The second-order valence-electron chi connectivity index (χ2n) is 19.2. The summed E-state index contributed by atoms with van der Waals surface area (Å²) in [5.74, 6) is 0.512. The Bertz CT molecular complexity index is 3920. The Morgan fingerprint density at radius 1 is 0.300 bits per heavy atom. The van der Waals surface area contributed by atoms with Crippen LogP contribution in [0.3, 0.4) is 0 Å². The molecule has 0 spiro atoms. The fraction of sp³-hybridized carbons (Fsp3) is 0.0606. The van der Waals surface area contributed by atoms with Crippen molar-refractivity contribution in [3.8, 4) is 33.6 Å². The van der Waals surface area contributed by atoms with Crippen molar-refractivity contribution < 1.29 is 0 Å². The average molecular weight is 895 g/mol. The maximum Gasteiger partial charge on any atom is 0.0629 e. The zero-order chi connectivity index (χ0) is 45.9. The molecular weight excluding hydrogens is 849 g/mol. The van der Waals surface area contributed by atoms with E-state index in [-0.39, 0.29) is 18.0 Å². The number of rotatable bonds is 6. The van der Waals surface area contributed by atoms with Gasteiger partial charge >= 0.3 is 0 Å². The lowest BCUT2D eigenvalue weighted by Gasteiger charge is -2.30. The van der Waals surface area contributed by atoms with E-state index in [0.717, 1.165) is 11.4 Å². The molecule has 4 atom stereocenters. The molecule has 2 aromatic heterocycles. The van der Waals surface area contributed by atoms with E-state index in [1.165, 1.54) is 99.7 Å². The van der Waals surface area contributed by atoms with Gasteiger partial charge in [-0.25, -0.2) is 0 Å². The summed E-state index contributed by atoms with van der Waals surface area (Å²) >= 11 is 0. The van der Waals surface area contributed by atoms with Crippen LogP contribution in [0.4, 0.5) is 22.7 Å². The van der Waals surface area contributed by atoms with E-state index >= 15 is 0 Å². The van der Waals surface area contributed by atoms with Crippen molar-refractivity contribution in [1.82, 2.24) is 9.13 Å². The molecular formula is C66H46N4. The largest absolute Gasteiger partial charge is 0.333 e. The van der Waals surface area contributed by atoms with Gasteiger partial charge < -0.3 is 18.9 Å². The third kappa shape index (κ3) is 5.77. The highest BCUT2D eigenvalue weighted by atomic mass is 15.2. The Labute approximate surface area is 406 Å². The summed E-state index contributed by atoms with van der Waals surface area (Å²) in [4.78, 5) is 5.13. The van der Waals surface area contributed by atoms with Gasteiger partial charge in [0.15, 0.2) is 0 Å². The van der Waals surface area contributed by atoms with Gasteiger partial charge in [-0.05, 0) is 119 Å². The number of aromatic nitrogens is 2. The Morgan fingerprint density at radius 2 is 0.714 bits per heavy atom. The number of nitrogens with zero attached hydrogens (tertiary/aromatic N) is 4. The first-order chi connectivity index (χ1) is 34.7. The number of para-hydroxylation sites is 5. The van der Waals surface area contributed by atoms with E-state index in [0.29, 0.717) is 5.92 Å². The van der Waals surface area contributed by atoms with Crippen LogP contribution in [0.25, 0.3) is 77.2 Å². The van der Waals surface area contributed by atoms with Crippen LogP contribution in [0.15, 0.2) is 255 Å². The van der Waals surface area contributed by atoms with Crippen LogP contribution in [0.2, 0.25) is 0 Å². The van der Waals surface area contributed by atoms with Crippen LogP contribution in [-0.4, -0.2) is 21.2 Å². The van der Waals surface area contributed by atoms with Crippen LogP contribution < -0.4 is 9.80 Å². The lowest BCUT2D eigenvalue weighted by atomic mass is 9.87. The minimum Gasteiger partial charge on any atom is -0.333 e. The molecule has 330 valence electrons. The van der Waals surface area contributed by atoms with Crippen molar-refractivity contribution in [2.75, 3.05) is 9.80 Å². The molecule has 0 amide bonds. The van der Waals surface area contributed by atoms with Gasteiger partial charge in [-0.15, -0.1) is 0 Å². The Morgan fingerprint density at radius 3 is 1.29 bits per heavy atom. The number of fused-ring (bicyclic) bond motifs is 12. The molecule has 4 heterocycles. The number of hydrogen-bond acceptors (Lipinski definition) is 2. The predicted molar refractivity (Wildman–Crippen MR) is 293 cm³/mol. The number of allylic oxidation sites excluding steroid dienone is 4. The van der Waals surface area contributed by atoms with Crippen molar-refractivity contribution in [2.24, 2.45) is 0 Å². The van der Waals surface area contributed by atoms with Crippen LogP contribution in [0.1, 0.15) is 23.0 Å². The molecule has 9 aromatic carbocycles. The second kappa shape index (κ2) is 15.3. The molecule has 11 aromatic rings. The summed E-state index contributed by atoms with van der Waals surface area (Å²) in [7, 11) is 0. The standard InChI is InChI=1S/C66H46N4/c1-8-22-59-50(15-1)51-16-2-9-23-60(51)67(59)46-33-29-43(30-34-46)45-41-57(44-31-35-47(36-32-44)68-61-24-10-3-17-52(61)53-18-4-11-25-62(53)68)66-58(42-45)56-21-7-14-28-65(56)70(66)49-39-37-48(38-40-49)69-63-26-12-5-19-54(63)55-20-6-13-27-64(55)69/h1-42,52,56,61,65H. The number of anilines is 4. The summed E-state index contributed by atoms with van der Waals surface area (Å²) in [5, 5.41) is 5.08. The summed E-state index contributed by atoms with van der Waals surface area (Å²) in [6, 6.07) is 77.1. The van der Waals surface area contributed by atoms with Gasteiger partial charge in [0.1, 0.15) is 0 Å². The highest BCUT2D eigenvalue weighted by Crippen LogP contribution is 2.54. The van der Waals surface area contributed by atoms with Crippen molar-refractivity contribution in [2.45, 2.75) is 23.9 Å². The zero-order valence-electron chi connectivity index (χ0n) is 38.3. The van der Waals surface area contributed by atoms with Crippen molar-refractivity contribution in [3.05, 3.63) is 266 Å². The van der Waals surface area contributed by atoms with Crippen LogP contribution >= 0.6 is 0 Å². The molecule has 15 rings (SSSR count). The van der Waals surface area contributed by atoms with Crippen LogP contribution in [0.5, 0.6) is 0 Å². The van der Waals surface area contributed by atoms with Gasteiger partial charge in [-0.2, -0.15) is 0 Å². The fourth-order valence-electron chi connectivity index (χ4n) is 12.5. The molecule has 0 N–H and O–H groups in total. The molecule has 2 aliphatic carbocycles. The predicted octanol–water partition coefficient (Wildman–Crippen LogP) is 16.7. The lowest BCUT2D eigenvalue weighted by Crippen LogP contribution is -2.28. The fourth-order valence-corrected chi connectivity index (χ4v) is 12.5. The topological polar surface area (TPSA) is 16.3 Å². The van der Waals surface area contributed by atoms with Gasteiger partial charge in [0.25, 0.3) is 0 Å².